The van der Waals surface area contributed by atoms with Crippen molar-refractivity contribution in [2.24, 2.45) is 0 Å². The Labute approximate surface area is 186 Å². The summed E-state index contributed by atoms with van der Waals surface area (Å²) >= 11 is 0.741. The summed E-state index contributed by atoms with van der Waals surface area (Å²) in [5.74, 6) is -1.22. The molecule has 0 radical (unpaired) electrons. The number of halogens is 6. The number of hydrogen-bond donors (Lipinski definition) is 2. The van der Waals surface area contributed by atoms with Crippen LogP contribution in [0.3, 0.4) is 0 Å². The van der Waals surface area contributed by atoms with E-state index in [4.69, 9.17) is 0 Å². The first kappa shape index (κ1) is 24.0. The second-order valence-electron chi connectivity index (χ2n) is 6.43. The first-order chi connectivity index (χ1) is 15.4. The Bertz CT molecular complexity index is 1140. The largest absolute Gasteiger partial charge is 0.453 e. The molecule has 0 fully saturated rings. The van der Waals surface area contributed by atoms with Crippen LogP contribution >= 0.6 is 11.3 Å². The van der Waals surface area contributed by atoms with Gasteiger partial charge in [0.25, 0.3) is 5.91 Å². The van der Waals surface area contributed by atoms with Gasteiger partial charge in [-0.2, -0.15) is 26.3 Å². The van der Waals surface area contributed by atoms with Gasteiger partial charge in [-0.1, -0.05) is 41.7 Å². The summed E-state index contributed by atoms with van der Waals surface area (Å²) in [7, 11) is 1.11. The van der Waals surface area contributed by atoms with Crippen LogP contribution in [0.25, 0.3) is 11.3 Å². The minimum atomic E-state index is -5.10. The zero-order valence-corrected chi connectivity index (χ0v) is 17.3. The molecule has 0 atom stereocenters. The van der Waals surface area contributed by atoms with Gasteiger partial charge in [0.1, 0.15) is 10.7 Å². The number of anilines is 2. The van der Waals surface area contributed by atoms with E-state index in [2.05, 4.69) is 20.4 Å². The number of thiazole rings is 1. The molecule has 13 heteroatoms. The van der Waals surface area contributed by atoms with E-state index in [1.807, 2.05) is 0 Å². The molecular weight excluding hydrogens is 476 g/mol. The number of amides is 2. The molecule has 2 aromatic carbocycles. The Hall–Kier alpha value is -3.61. The van der Waals surface area contributed by atoms with Gasteiger partial charge in [-0.15, -0.1) is 0 Å². The van der Waals surface area contributed by atoms with Gasteiger partial charge in [0.2, 0.25) is 0 Å². The standard InChI is InChI=1S/C20H13F6N3O3S/c1-32-18(31)29-17-27-14(10-5-3-2-4-6-10)16(33-17)28-15(30)11-7-12(19(21,22)23)9-13(8-11)20(24,25)26/h2-9H,1H3,(H,28,30)(H,27,29,31). The third kappa shape index (κ3) is 5.80. The van der Waals surface area contributed by atoms with E-state index in [9.17, 15) is 35.9 Å². The fourth-order valence-corrected chi connectivity index (χ4v) is 3.52. The highest BCUT2D eigenvalue weighted by Crippen LogP contribution is 2.38. The number of carbonyl (C=O) groups is 2. The minimum absolute atomic E-state index is 0.0106. The maximum Gasteiger partial charge on any atom is 0.416 e. The molecule has 33 heavy (non-hydrogen) atoms. The number of rotatable bonds is 4. The molecule has 174 valence electrons. The maximum absolute atomic E-state index is 13.1. The molecule has 3 aromatic rings. The lowest BCUT2D eigenvalue weighted by Crippen LogP contribution is -2.17. The minimum Gasteiger partial charge on any atom is -0.453 e. The summed E-state index contributed by atoms with van der Waals surface area (Å²) < 4.78 is 83.1. The van der Waals surface area contributed by atoms with Crippen LogP contribution in [-0.4, -0.2) is 24.1 Å². The molecule has 0 spiro atoms. The summed E-state index contributed by atoms with van der Waals surface area (Å²) in [6.45, 7) is 0. The van der Waals surface area contributed by atoms with E-state index in [1.54, 1.807) is 30.3 Å². The van der Waals surface area contributed by atoms with Crippen LogP contribution in [0.5, 0.6) is 0 Å². The molecule has 0 aliphatic carbocycles. The molecule has 6 nitrogen and oxygen atoms in total. The van der Waals surface area contributed by atoms with E-state index in [-0.39, 0.29) is 21.9 Å². The number of alkyl halides is 6. The zero-order valence-electron chi connectivity index (χ0n) is 16.5. The van der Waals surface area contributed by atoms with Crippen LogP contribution in [-0.2, 0) is 17.1 Å². The van der Waals surface area contributed by atoms with Crippen LogP contribution in [0.2, 0.25) is 0 Å². The monoisotopic (exact) mass is 489 g/mol. The van der Waals surface area contributed by atoms with Gasteiger partial charge in [0, 0.05) is 11.1 Å². The van der Waals surface area contributed by atoms with Crippen LogP contribution in [0, 0.1) is 0 Å². The average Bonchev–Trinajstić information content (AvgIpc) is 3.14. The molecule has 0 unspecified atom stereocenters. The van der Waals surface area contributed by atoms with Crippen LogP contribution < -0.4 is 10.6 Å². The van der Waals surface area contributed by atoms with Crippen molar-refractivity contribution in [3.63, 3.8) is 0 Å². The lowest BCUT2D eigenvalue weighted by molar-refractivity contribution is -0.143. The van der Waals surface area contributed by atoms with Gasteiger partial charge in [-0.25, -0.2) is 9.78 Å². The third-order valence-corrected chi connectivity index (χ3v) is 5.03. The summed E-state index contributed by atoms with van der Waals surface area (Å²) in [4.78, 5) is 28.3. The van der Waals surface area contributed by atoms with E-state index in [1.165, 1.54) is 0 Å². The summed E-state index contributed by atoms with van der Waals surface area (Å²) in [5.41, 5.74) is -3.48. The van der Waals surface area contributed by atoms with Crippen LogP contribution in [0.4, 0.5) is 41.3 Å². The molecule has 0 saturated carbocycles. The molecule has 0 saturated heterocycles. The van der Waals surface area contributed by atoms with E-state index in [0.717, 1.165) is 18.4 Å². The van der Waals surface area contributed by atoms with Crippen molar-refractivity contribution >= 4 is 33.5 Å². The van der Waals surface area contributed by atoms with Crippen molar-refractivity contribution in [2.75, 3.05) is 17.7 Å². The van der Waals surface area contributed by atoms with E-state index >= 15 is 0 Å². The number of methoxy groups -OCH3 is 1. The SMILES string of the molecule is COC(=O)Nc1nc(-c2ccccc2)c(NC(=O)c2cc(C(F)(F)F)cc(C(F)(F)F)c2)s1. The van der Waals surface area contributed by atoms with Gasteiger partial charge < -0.3 is 10.1 Å². The Morgan fingerprint density at radius 3 is 2.00 bits per heavy atom. The fourth-order valence-electron chi connectivity index (χ4n) is 2.65. The first-order valence-corrected chi connectivity index (χ1v) is 9.72. The molecule has 0 aliphatic heterocycles. The van der Waals surface area contributed by atoms with Gasteiger partial charge in [0.05, 0.1) is 18.2 Å². The highest BCUT2D eigenvalue weighted by Gasteiger charge is 2.37. The molecule has 1 aromatic heterocycles. The lowest BCUT2D eigenvalue weighted by Gasteiger charge is -2.14. The lowest BCUT2D eigenvalue weighted by atomic mass is 10.0. The van der Waals surface area contributed by atoms with Gasteiger partial charge in [0.15, 0.2) is 5.13 Å². The molecule has 3 rings (SSSR count). The summed E-state index contributed by atoms with van der Waals surface area (Å²) in [6.07, 6.45) is -11.1. The number of hydrogen-bond acceptors (Lipinski definition) is 5. The molecule has 1 heterocycles. The number of carbonyl (C=O) groups excluding carboxylic acids is 2. The molecule has 0 aliphatic rings. The topological polar surface area (TPSA) is 80.3 Å². The Morgan fingerprint density at radius 2 is 1.48 bits per heavy atom. The van der Waals surface area contributed by atoms with Crippen molar-refractivity contribution in [3.05, 3.63) is 65.2 Å². The molecule has 2 amide bonds. The van der Waals surface area contributed by atoms with Crippen molar-refractivity contribution in [3.8, 4) is 11.3 Å². The zero-order chi connectivity index (χ0) is 24.4. The molecule has 0 bridgehead atoms. The number of nitrogens with zero attached hydrogens (tertiary/aromatic N) is 1. The second-order valence-corrected chi connectivity index (χ2v) is 7.43. The Balaban J connectivity index is 2.02. The normalized spacial score (nSPS) is 11.7. The van der Waals surface area contributed by atoms with Crippen molar-refractivity contribution in [1.82, 2.24) is 4.98 Å². The number of nitrogens with one attached hydrogen (secondary N) is 2. The molecular formula is C20H13F6N3O3S. The number of ether oxygens (including phenoxy) is 1. The summed E-state index contributed by atoms with van der Waals surface area (Å²) in [5, 5.41) is 4.55. The van der Waals surface area contributed by atoms with Crippen molar-refractivity contribution < 1.29 is 40.7 Å². The van der Waals surface area contributed by atoms with Gasteiger partial charge >= 0.3 is 18.4 Å². The highest BCUT2D eigenvalue weighted by atomic mass is 32.1. The van der Waals surface area contributed by atoms with Gasteiger partial charge in [-0.05, 0) is 18.2 Å². The van der Waals surface area contributed by atoms with Crippen molar-refractivity contribution in [2.45, 2.75) is 12.4 Å². The van der Waals surface area contributed by atoms with Crippen molar-refractivity contribution in [1.29, 1.82) is 0 Å². The van der Waals surface area contributed by atoms with Crippen LogP contribution in [0.1, 0.15) is 21.5 Å². The number of aromatic nitrogens is 1. The predicted octanol–water partition coefficient (Wildman–Crippen LogP) is 6.28. The fraction of sp³-hybridized carbons (Fsp3) is 0.150. The first-order valence-electron chi connectivity index (χ1n) is 8.90. The molecule has 2 N–H and O–H groups in total. The van der Waals surface area contributed by atoms with Crippen LogP contribution in [0.15, 0.2) is 48.5 Å². The summed E-state index contributed by atoms with van der Waals surface area (Å²) in [6, 6.07) is 8.78. The second kappa shape index (κ2) is 9.10. The van der Waals surface area contributed by atoms with Gasteiger partial charge in [-0.3, -0.25) is 10.1 Å². The van der Waals surface area contributed by atoms with E-state index < -0.39 is 41.0 Å². The smallest absolute Gasteiger partial charge is 0.416 e. The highest BCUT2D eigenvalue weighted by molar-refractivity contribution is 7.20. The maximum atomic E-state index is 13.1. The Morgan fingerprint density at radius 1 is 0.909 bits per heavy atom. The predicted molar refractivity (Wildman–Crippen MR) is 108 cm³/mol. The van der Waals surface area contributed by atoms with E-state index in [0.29, 0.717) is 17.7 Å². The third-order valence-electron chi connectivity index (χ3n) is 4.15. The Kier molecular flexibility index (Phi) is 6.63. The number of benzene rings is 2. The quantitative estimate of drug-likeness (QED) is 0.423. The average molecular weight is 489 g/mol.